The number of nitrogens with zero attached hydrogens (tertiary/aromatic N) is 11. The number of rotatable bonds is 10. The average Bonchev–Trinajstić information content (AvgIpc) is 1.71. The van der Waals surface area contributed by atoms with Gasteiger partial charge in [0.2, 0.25) is 0 Å². The van der Waals surface area contributed by atoms with Gasteiger partial charge in [-0.15, -0.1) is 18.6 Å². The highest BCUT2D eigenvalue weighted by Crippen LogP contribution is 2.36. The molecule has 0 amide bonds. The molecule has 0 saturated carbocycles. The third-order valence-corrected chi connectivity index (χ3v) is 17.6. The molecule has 0 fully saturated rings. The summed E-state index contributed by atoms with van der Waals surface area (Å²) in [5.74, 6) is 2.21. The van der Waals surface area contributed by atoms with Crippen LogP contribution in [0.4, 0.5) is 0 Å². The molecule has 0 aliphatic heterocycles. The average molecular weight is 1670 g/mol. The zero-order valence-corrected chi connectivity index (χ0v) is 84.8. The molecule has 0 saturated heterocycles. The summed E-state index contributed by atoms with van der Waals surface area (Å²) in [5, 5.41) is 8.84. The molecule has 0 aliphatic carbocycles. The lowest BCUT2D eigenvalue weighted by atomic mass is 10.0. The number of para-hydroxylation sites is 5. The third-order valence-electron chi connectivity index (χ3n) is 17.6. The first-order valence-corrected chi connectivity index (χ1v) is 45.9. The standard InChI is InChI=1S/2C19H19N2.C18H20N3.C17H15N2.C11H13N2.14C2H6/c1-5-15-16-10-6-7-11-17(16)21(19(15)14(2)3)18-12-8-9-13-20(18)4;1-5-9-17(14(2)3)21-18-12-7-6-10-15(18)16-11-8-13-20(4)19(16)21;1-6-14-15-9-7-8-10-16(15)21(17(14)13(2)3)18-19(4)11-12-20(18)5;1-12-6-5-9-15-13-7-3-4-8-14(13)16-10-11-18(2)19(16)17(12)15;1-10-6-3-4-7-11(10)13-9-5-8-12(13)2;14*1-2/h2*5-13H,1-2H2,3-4H3;6-12H,1-2H2,3-5H3;3-11H,1-2H3;3-9H,1-2H3;14*1-2H3/q5*+1;;;;;;;;;;;;;;/b;17-9+;;;;;;;;;;;;;;;;;. The van der Waals surface area contributed by atoms with E-state index in [1.54, 1.807) is 0 Å². The Kier molecular flexibility index (Phi) is 64.0. The molecule has 0 atom stereocenters. The highest BCUT2D eigenvalue weighted by Gasteiger charge is 2.28. The molecular formula is C112H170N11+5. The van der Waals surface area contributed by atoms with Crippen LogP contribution >= 0.6 is 0 Å². The van der Waals surface area contributed by atoms with Crippen LogP contribution in [0.25, 0.3) is 117 Å². The largest absolute Gasteiger partial charge is 0.369 e. The summed E-state index contributed by atoms with van der Waals surface area (Å²) in [5.41, 5.74) is 19.7. The smallest absolute Gasteiger partial charge is 0.237 e. The van der Waals surface area contributed by atoms with Crippen LogP contribution in [0, 0.1) is 13.8 Å². The van der Waals surface area contributed by atoms with Crippen LogP contribution in [0.5, 0.6) is 0 Å². The van der Waals surface area contributed by atoms with Crippen molar-refractivity contribution in [1.29, 1.82) is 0 Å². The second-order valence-corrected chi connectivity index (χ2v) is 24.3. The minimum atomic E-state index is 1.02. The molecule has 668 valence electrons. The molecule has 15 rings (SSSR count). The minimum absolute atomic E-state index is 1.02. The van der Waals surface area contributed by atoms with E-state index in [0.29, 0.717) is 0 Å². The predicted molar refractivity (Wildman–Crippen MR) is 556 cm³/mol. The Morgan fingerprint density at radius 1 is 0.341 bits per heavy atom. The van der Waals surface area contributed by atoms with E-state index in [4.69, 9.17) is 0 Å². The Morgan fingerprint density at radius 3 is 1.20 bits per heavy atom. The van der Waals surface area contributed by atoms with Crippen LogP contribution in [0.2, 0.25) is 0 Å². The highest BCUT2D eigenvalue weighted by atomic mass is 15.4. The summed E-state index contributed by atoms with van der Waals surface area (Å²) in [6.45, 7) is 90.7. The van der Waals surface area contributed by atoms with Gasteiger partial charge in [0.1, 0.15) is 50.4 Å². The Labute approximate surface area is 750 Å². The van der Waals surface area contributed by atoms with Crippen molar-refractivity contribution in [1.82, 2.24) is 27.5 Å². The lowest BCUT2D eigenvalue weighted by Crippen LogP contribution is -2.36. The van der Waals surface area contributed by atoms with Crippen molar-refractivity contribution < 1.29 is 23.1 Å². The van der Waals surface area contributed by atoms with Gasteiger partial charge in [0.05, 0.1) is 64.6 Å². The third kappa shape index (κ3) is 29.5. The van der Waals surface area contributed by atoms with E-state index in [-0.39, 0.29) is 0 Å². The summed E-state index contributed by atoms with van der Waals surface area (Å²) < 4.78 is 23.9. The Bertz CT molecular complexity index is 5500. The molecule has 0 unspecified atom stereocenters. The van der Waals surface area contributed by atoms with Crippen molar-refractivity contribution in [3.8, 4) is 17.5 Å². The molecule has 15 aromatic rings. The summed E-state index contributed by atoms with van der Waals surface area (Å²) in [6, 6.07) is 63.5. The number of pyridine rings is 3. The SMILES string of the molecule is C=C/C=C(\C(=C)C)n1c2ccccc2c2ccc[n+](C)c21.C=Cc1c(C(=C)C)n(-c2cccc[n+]2C)c2ccccc12.C=Cc1c(C(=C)C)n(-c2n(C)cc[n+]2C)c2ccccc12.CC.CC.CC.CC.CC.CC.CC.CC.CC.CC.CC.CC.CC.CC.Cc1cccc2c3ccccc3c3cc[n+](C)n3c12.Cc1ccccc1-n1ccc[n+]1C. The Morgan fingerprint density at radius 2 is 0.756 bits per heavy atom. The molecule has 0 N–H and O–H groups in total. The summed E-state index contributed by atoms with van der Waals surface area (Å²) >= 11 is 0. The molecule has 0 aliphatic rings. The fourth-order valence-electron chi connectivity index (χ4n) is 13.3. The van der Waals surface area contributed by atoms with Crippen molar-refractivity contribution in [2.24, 2.45) is 42.3 Å². The molecule has 9 aromatic heterocycles. The zero-order valence-electron chi connectivity index (χ0n) is 84.8. The Balaban J connectivity index is -0.000000673. The summed E-state index contributed by atoms with van der Waals surface area (Å²) in [7, 11) is 12.4. The van der Waals surface area contributed by atoms with Crippen molar-refractivity contribution in [3.63, 3.8) is 0 Å². The maximum atomic E-state index is 4.17. The number of imidazole rings is 1. The van der Waals surface area contributed by atoms with E-state index < -0.39 is 0 Å². The van der Waals surface area contributed by atoms with Crippen LogP contribution in [0.1, 0.15) is 248 Å². The number of fused-ring (bicyclic) bond motifs is 11. The summed E-state index contributed by atoms with van der Waals surface area (Å²) in [6.07, 6.45) is 22.1. The number of benzene rings is 6. The fourth-order valence-corrected chi connectivity index (χ4v) is 13.3. The molecular weight excluding hydrogens is 1500 g/mol. The van der Waals surface area contributed by atoms with Gasteiger partial charge in [0, 0.05) is 56.3 Å². The van der Waals surface area contributed by atoms with Crippen LogP contribution in [0.3, 0.4) is 0 Å². The van der Waals surface area contributed by atoms with Gasteiger partial charge < -0.3 is 0 Å². The number of hydrogen-bond donors (Lipinski definition) is 0. The maximum Gasteiger partial charge on any atom is 0.369 e. The van der Waals surface area contributed by atoms with E-state index in [1.165, 1.54) is 82.1 Å². The second kappa shape index (κ2) is 67.0. The van der Waals surface area contributed by atoms with Crippen molar-refractivity contribution in [2.75, 3.05) is 0 Å². The Hall–Kier alpha value is -11.7. The van der Waals surface area contributed by atoms with Gasteiger partial charge in [-0.05, 0) is 129 Å². The first-order valence-electron chi connectivity index (χ1n) is 45.9. The molecule has 6 aromatic carbocycles. The topological polar surface area (TPSA) is 48.5 Å². The molecule has 123 heavy (non-hydrogen) atoms. The first-order chi connectivity index (χ1) is 59.9. The van der Waals surface area contributed by atoms with Crippen LogP contribution in [-0.2, 0) is 42.3 Å². The fraction of sp³-hybridized carbons (Fsp3) is 0.348. The van der Waals surface area contributed by atoms with Crippen LogP contribution in [0.15, 0.2) is 283 Å². The van der Waals surface area contributed by atoms with E-state index in [2.05, 4.69) is 346 Å². The van der Waals surface area contributed by atoms with Crippen molar-refractivity contribution in [2.45, 2.75) is 228 Å². The number of aryl methyl sites for hydroxylation is 8. The first kappa shape index (κ1) is 118. The molecule has 11 heteroatoms. The van der Waals surface area contributed by atoms with E-state index in [0.717, 1.165) is 62.3 Å². The van der Waals surface area contributed by atoms with Crippen LogP contribution < -0.4 is 23.1 Å². The van der Waals surface area contributed by atoms with Crippen LogP contribution in [-0.4, -0.2) is 27.5 Å². The number of hydrogen-bond acceptors (Lipinski definition) is 0. The van der Waals surface area contributed by atoms with Gasteiger partial charge in [0.15, 0.2) is 26.5 Å². The summed E-state index contributed by atoms with van der Waals surface area (Å²) in [4.78, 5) is 0. The van der Waals surface area contributed by atoms with Crippen molar-refractivity contribution >= 4 is 99.9 Å². The monoisotopic (exact) mass is 1670 g/mol. The van der Waals surface area contributed by atoms with Crippen molar-refractivity contribution in [3.05, 3.63) is 316 Å². The van der Waals surface area contributed by atoms with Gasteiger partial charge in [-0.25, -0.2) is 18.3 Å². The quantitative estimate of drug-likeness (QED) is 0.0744. The molecule has 0 radical (unpaired) electrons. The highest BCUT2D eigenvalue weighted by molar-refractivity contribution is 6.13. The van der Waals surface area contributed by atoms with Gasteiger partial charge in [0.25, 0.3) is 11.5 Å². The van der Waals surface area contributed by atoms with Gasteiger partial charge >= 0.3 is 5.95 Å². The lowest BCUT2D eigenvalue weighted by molar-refractivity contribution is -0.744. The molecule has 9 heterocycles. The normalized spacial score (nSPS) is 9.34. The van der Waals surface area contributed by atoms with E-state index >= 15 is 0 Å². The minimum Gasteiger partial charge on any atom is -0.237 e. The van der Waals surface area contributed by atoms with Gasteiger partial charge in [-0.2, -0.15) is 13.7 Å². The molecule has 0 bridgehead atoms. The molecule has 11 nitrogen and oxygen atoms in total. The lowest BCUT2D eigenvalue weighted by Gasteiger charge is -2.08. The molecule has 0 spiro atoms. The van der Waals surface area contributed by atoms with Gasteiger partial charge in [-0.3, -0.25) is 0 Å². The zero-order chi connectivity index (χ0) is 95.4. The van der Waals surface area contributed by atoms with E-state index in [1.807, 2.05) is 264 Å². The van der Waals surface area contributed by atoms with E-state index in [9.17, 15) is 0 Å². The van der Waals surface area contributed by atoms with Gasteiger partial charge in [-0.1, -0.05) is 361 Å². The number of aromatic nitrogens is 11. The number of allylic oxidation sites excluding steroid dienone is 6. The maximum absolute atomic E-state index is 4.17. The predicted octanol–water partition coefficient (Wildman–Crippen LogP) is 31.2. The second-order valence-electron chi connectivity index (χ2n) is 24.3.